The predicted molar refractivity (Wildman–Crippen MR) is 94.8 cm³/mol. The van der Waals surface area contributed by atoms with E-state index in [9.17, 15) is 14.4 Å². The molecule has 0 saturated heterocycles. The largest absolute Gasteiger partial charge is 0.368 e. The Bertz CT molecular complexity index is 826. The van der Waals surface area contributed by atoms with Crippen LogP contribution in [0.3, 0.4) is 0 Å². The smallest absolute Gasteiger partial charge is 0.251 e. The fourth-order valence-corrected chi connectivity index (χ4v) is 2.27. The van der Waals surface area contributed by atoms with E-state index < -0.39 is 17.9 Å². The van der Waals surface area contributed by atoms with Gasteiger partial charge in [-0.15, -0.1) is 0 Å². The summed E-state index contributed by atoms with van der Waals surface area (Å²) in [6.45, 7) is -0.273. The van der Waals surface area contributed by atoms with Crippen molar-refractivity contribution in [1.29, 1.82) is 5.26 Å². The van der Waals surface area contributed by atoms with Crippen LogP contribution in [0.5, 0.6) is 0 Å². The Morgan fingerprint density at radius 2 is 1.69 bits per heavy atom. The molecule has 0 spiro atoms. The van der Waals surface area contributed by atoms with E-state index in [2.05, 4.69) is 10.6 Å². The number of nitriles is 1. The van der Waals surface area contributed by atoms with Crippen molar-refractivity contribution in [2.75, 3.05) is 6.54 Å². The third-order valence-electron chi connectivity index (χ3n) is 3.65. The number of nitrogens with zero attached hydrogens (tertiary/aromatic N) is 1. The molecule has 132 valence electrons. The van der Waals surface area contributed by atoms with Crippen molar-refractivity contribution in [3.63, 3.8) is 0 Å². The fourth-order valence-electron chi connectivity index (χ4n) is 2.27. The average Bonchev–Trinajstić information content (AvgIpc) is 2.66. The van der Waals surface area contributed by atoms with Crippen molar-refractivity contribution < 1.29 is 14.4 Å². The molecule has 4 N–H and O–H groups in total. The number of hydrogen-bond acceptors (Lipinski definition) is 4. The molecule has 2 rings (SSSR count). The Kier molecular flexibility index (Phi) is 6.46. The van der Waals surface area contributed by atoms with Crippen LogP contribution >= 0.6 is 0 Å². The van der Waals surface area contributed by atoms with Gasteiger partial charge < -0.3 is 16.4 Å². The Morgan fingerprint density at radius 3 is 2.27 bits per heavy atom. The molecule has 0 saturated carbocycles. The summed E-state index contributed by atoms with van der Waals surface area (Å²) in [6.07, 6.45) is 0.194. The number of benzene rings is 2. The number of nitrogens with one attached hydrogen (secondary N) is 2. The van der Waals surface area contributed by atoms with Gasteiger partial charge in [-0.1, -0.05) is 30.3 Å². The Morgan fingerprint density at radius 1 is 1.04 bits per heavy atom. The number of carbonyl (C=O) groups excluding carboxylic acids is 3. The molecule has 0 aliphatic heterocycles. The van der Waals surface area contributed by atoms with Crippen LogP contribution in [0.4, 0.5) is 0 Å². The van der Waals surface area contributed by atoms with Gasteiger partial charge in [0.1, 0.15) is 6.04 Å². The van der Waals surface area contributed by atoms with Gasteiger partial charge in [-0.2, -0.15) is 5.26 Å². The maximum atomic E-state index is 12.0. The summed E-state index contributed by atoms with van der Waals surface area (Å²) in [5, 5.41) is 13.8. The number of nitrogens with two attached hydrogens (primary N) is 1. The van der Waals surface area contributed by atoms with Gasteiger partial charge in [0.25, 0.3) is 5.91 Å². The minimum absolute atomic E-state index is 0.194. The molecule has 0 radical (unpaired) electrons. The number of hydrogen-bond donors (Lipinski definition) is 3. The van der Waals surface area contributed by atoms with Crippen molar-refractivity contribution in [3.05, 3.63) is 71.3 Å². The highest BCUT2D eigenvalue weighted by atomic mass is 16.2. The maximum Gasteiger partial charge on any atom is 0.251 e. The van der Waals surface area contributed by atoms with Gasteiger partial charge in [0, 0.05) is 12.0 Å². The van der Waals surface area contributed by atoms with Crippen LogP contribution in [-0.4, -0.2) is 30.3 Å². The van der Waals surface area contributed by atoms with Crippen LogP contribution in [-0.2, 0) is 16.0 Å². The molecular formula is C19H18N4O3. The molecule has 0 bridgehead atoms. The van der Waals surface area contributed by atoms with E-state index in [0.29, 0.717) is 11.1 Å². The monoisotopic (exact) mass is 350 g/mol. The summed E-state index contributed by atoms with van der Waals surface area (Å²) < 4.78 is 0. The second-order valence-corrected chi connectivity index (χ2v) is 5.58. The van der Waals surface area contributed by atoms with Crippen LogP contribution in [0.25, 0.3) is 0 Å². The third-order valence-corrected chi connectivity index (χ3v) is 3.65. The lowest BCUT2D eigenvalue weighted by Gasteiger charge is -2.16. The zero-order chi connectivity index (χ0) is 18.9. The number of amides is 3. The summed E-state index contributed by atoms with van der Waals surface area (Å²) in [7, 11) is 0. The normalized spacial score (nSPS) is 11.0. The zero-order valence-corrected chi connectivity index (χ0v) is 13.9. The lowest BCUT2D eigenvalue weighted by Crippen LogP contribution is -2.49. The maximum absolute atomic E-state index is 12.0. The van der Waals surface area contributed by atoms with Crippen LogP contribution in [0.2, 0.25) is 0 Å². The van der Waals surface area contributed by atoms with Crippen LogP contribution < -0.4 is 16.4 Å². The minimum atomic E-state index is -0.913. The SMILES string of the molecule is N#Cc1ccc(C[C@@H](NC(=O)CNC(=O)c2ccccc2)C(N)=O)cc1. The summed E-state index contributed by atoms with van der Waals surface area (Å²) in [4.78, 5) is 35.5. The third kappa shape index (κ3) is 5.46. The first-order chi connectivity index (χ1) is 12.5. The summed E-state index contributed by atoms with van der Waals surface area (Å²) in [5.41, 5.74) is 7.03. The lowest BCUT2D eigenvalue weighted by molar-refractivity contribution is -0.126. The molecule has 0 aliphatic rings. The number of primary amides is 1. The van der Waals surface area contributed by atoms with E-state index in [1.807, 2.05) is 6.07 Å². The molecule has 0 heterocycles. The lowest BCUT2D eigenvalue weighted by atomic mass is 10.0. The highest BCUT2D eigenvalue weighted by Gasteiger charge is 2.19. The molecule has 2 aromatic carbocycles. The first kappa shape index (κ1) is 18.7. The Labute approximate surface area is 150 Å². The summed E-state index contributed by atoms with van der Waals surface area (Å²) >= 11 is 0. The molecule has 2 aromatic rings. The zero-order valence-electron chi connectivity index (χ0n) is 13.9. The second-order valence-electron chi connectivity index (χ2n) is 5.58. The van der Waals surface area contributed by atoms with Crippen LogP contribution in [0.1, 0.15) is 21.5 Å². The molecule has 0 aromatic heterocycles. The van der Waals surface area contributed by atoms with Crippen molar-refractivity contribution in [3.8, 4) is 6.07 Å². The summed E-state index contributed by atoms with van der Waals surface area (Å²) in [5.74, 6) is -1.59. The second kappa shape index (κ2) is 8.99. The molecule has 7 heteroatoms. The molecule has 3 amide bonds. The average molecular weight is 350 g/mol. The molecule has 7 nitrogen and oxygen atoms in total. The molecular weight excluding hydrogens is 332 g/mol. The number of carbonyl (C=O) groups is 3. The summed E-state index contributed by atoms with van der Waals surface area (Å²) in [6, 6.07) is 16.2. The Hall–Kier alpha value is -3.66. The van der Waals surface area contributed by atoms with Gasteiger partial charge in [0.2, 0.25) is 11.8 Å². The van der Waals surface area contributed by atoms with Gasteiger partial charge in [-0.3, -0.25) is 14.4 Å². The van der Waals surface area contributed by atoms with Gasteiger partial charge in [0.05, 0.1) is 18.2 Å². The van der Waals surface area contributed by atoms with Crippen LogP contribution in [0.15, 0.2) is 54.6 Å². The Balaban J connectivity index is 1.90. The van der Waals surface area contributed by atoms with Crippen molar-refractivity contribution in [2.45, 2.75) is 12.5 Å². The molecule has 0 fully saturated rings. The number of rotatable bonds is 7. The van der Waals surface area contributed by atoms with Gasteiger partial charge >= 0.3 is 0 Å². The molecule has 0 aliphatic carbocycles. The highest BCUT2D eigenvalue weighted by molar-refractivity contribution is 5.97. The van der Waals surface area contributed by atoms with E-state index in [0.717, 1.165) is 5.56 Å². The molecule has 26 heavy (non-hydrogen) atoms. The van der Waals surface area contributed by atoms with E-state index in [1.165, 1.54) is 0 Å². The first-order valence-electron chi connectivity index (χ1n) is 7.90. The standard InChI is InChI=1S/C19H18N4O3/c20-11-14-8-6-13(7-9-14)10-16(18(21)25)23-17(24)12-22-19(26)15-4-2-1-3-5-15/h1-9,16H,10,12H2,(H2,21,25)(H,22,26)(H,23,24)/t16-/m1/s1. The van der Waals surface area contributed by atoms with Gasteiger partial charge in [0.15, 0.2) is 0 Å². The molecule has 0 unspecified atom stereocenters. The highest BCUT2D eigenvalue weighted by Crippen LogP contribution is 2.06. The van der Waals surface area contributed by atoms with Crippen molar-refractivity contribution >= 4 is 17.7 Å². The fraction of sp³-hybridized carbons (Fsp3) is 0.158. The van der Waals surface area contributed by atoms with Crippen LogP contribution in [0, 0.1) is 11.3 Å². The van der Waals surface area contributed by atoms with E-state index in [-0.39, 0.29) is 18.9 Å². The first-order valence-corrected chi connectivity index (χ1v) is 7.90. The van der Waals surface area contributed by atoms with Gasteiger partial charge in [-0.05, 0) is 29.8 Å². The molecule has 1 atom stereocenters. The van der Waals surface area contributed by atoms with Gasteiger partial charge in [-0.25, -0.2) is 0 Å². The van der Waals surface area contributed by atoms with E-state index in [4.69, 9.17) is 11.0 Å². The van der Waals surface area contributed by atoms with E-state index >= 15 is 0 Å². The quantitative estimate of drug-likeness (QED) is 0.672. The minimum Gasteiger partial charge on any atom is -0.368 e. The van der Waals surface area contributed by atoms with E-state index in [1.54, 1.807) is 54.6 Å². The van der Waals surface area contributed by atoms with Crippen molar-refractivity contribution in [1.82, 2.24) is 10.6 Å². The topological polar surface area (TPSA) is 125 Å². The van der Waals surface area contributed by atoms with Crippen molar-refractivity contribution in [2.24, 2.45) is 5.73 Å². The predicted octanol–water partition coefficient (Wildman–Crippen LogP) is 0.501.